The Balaban J connectivity index is 2.63. The molecular weight excluding hydrogens is 331 g/mol. The average Bonchev–Trinajstić information content (AvgIpc) is 2.47. The maximum absolute atomic E-state index is 14.0. The molecule has 0 heterocycles. The molecule has 0 aliphatic carbocycles. The number of halogens is 2. The third-order valence-corrected chi connectivity index (χ3v) is 4.35. The molecular formula is C17H28BrFN2. The molecule has 0 saturated carbocycles. The molecule has 0 fully saturated rings. The van der Waals surface area contributed by atoms with Gasteiger partial charge in [-0.2, -0.15) is 0 Å². The van der Waals surface area contributed by atoms with E-state index in [1.165, 1.54) is 0 Å². The highest BCUT2D eigenvalue weighted by Gasteiger charge is 2.13. The monoisotopic (exact) mass is 358 g/mol. The third-order valence-electron chi connectivity index (χ3n) is 3.85. The molecule has 0 aromatic heterocycles. The largest absolute Gasteiger partial charge is 0.314 e. The summed E-state index contributed by atoms with van der Waals surface area (Å²) < 4.78 is 14.8. The van der Waals surface area contributed by atoms with Crippen molar-refractivity contribution >= 4 is 15.9 Å². The van der Waals surface area contributed by atoms with Gasteiger partial charge in [0, 0.05) is 10.5 Å². The number of benzene rings is 1. The van der Waals surface area contributed by atoms with Crippen LogP contribution >= 0.6 is 15.9 Å². The number of nitrogens with zero attached hydrogens (tertiary/aromatic N) is 1. The highest BCUT2D eigenvalue weighted by molar-refractivity contribution is 9.10. The normalized spacial score (nSPS) is 12.9. The summed E-state index contributed by atoms with van der Waals surface area (Å²) in [7, 11) is 0. The van der Waals surface area contributed by atoms with Crippen molar-refractivity contribution in [2.75, 3.05) is 26.2 Å². The standard InChI is InChI=1S/C17H28BrFN2/c1-4-10-20-16(9-11-21(5-2)6-3)12-14-7-8-15(18)13-17(14)19/h7-8,13,16,20H,4-6,9-12H2,1-3H3. The van der Waals surface area contributed by atoms with Gasteiger partial charge < -0.3 is 10.2 Å². The Morgan fingerprint density at radius 1 is 1.24 bits per heavy atom. The van der Waals surface area contributed by atoms with Crippen molar-refractivity contribution in [2.45, 2.75) is 46.1 Å². The first-order valence-corrected chi connectivity index (χ1v) is 8.79. The summed E-state index contributed by atoms with van der Waals surface area (Å²) in [5.74, 6) is -0.115. The Bertz CT molecular complexity index is 408. The Kier molecular flexibility index (Phi) is 9.13. The average molecular weight is 359 g/mol. The quantitative estimate of drug-likeness (QED) is 0.673. The van der Waals surface area contributed by atoms with E-state index < -0.39 is 0 Å². The summed E-state index contributed by atoms with van der Waals surface area (Å²) in [6.45, 7) is 10.7. The lowest BCUT2D eigenvalue weighted by Gasteiger charge is -2.24. The van der Waals surface area contributed by atoms with Gasteiger partial charge in [0.15, 0.2) is 0 Å². The van der Waals surface area contributed by atoms with E-state index in [1.54, 1.807) is 6.07 Å². The molecule has 21 heavy (non-hydrogen) atoms. The Labute approximate surface area is 137 Å². The van der Waals surface area contributed by atoms with Gasteiger partial charge in [-0.3, -0.25) is 0 Å². The summed E-state index contributed by atoms with van der Waals surface area (Å²) in [6, 6.07) is 5.69. The summed E-state index contributed by atoms with van der Waals surface area (Å²) >= 11 is 3.31. The number of rotatable bonds is 10. The van der Waals surface area contributed by atoms with Gasteiger partial charge >= 0.3 is 0 Å². The maximum atomic E-state index is 14.0. The zero-order chi connectivity index (χ0) is 15.7. The molecule has 0 aliphatic rings. The highest BCUT2D eigenvalue weighted by atomic mass is 79.9. The van der Waals surface area contributed by atoms with Gasteiger partial charge in [-0.15, -0.1) is 0 Å². The van der Waals surface area contributed by atoms with Crippen molar-refractivity contribution in [3.05, 3.63) is 34.1 Å². The van der Waals surface area contributed by atoms with Crippen LogP contribution < -0.4 is 5.32 Å². The smallest absolute Gasteiger partial charge is 0.127 e. The van der Waals surface area contributed by atoms with Crippen molar-refractivity contribution in [2.24, 2.45) is 0 Å². The van der Waals surface area contributed by atoms with Crippen molar-refractivity contribution < 1.29 is 4.39 Å². The molecule has 0 aliphatic heterocycles. The van der Waals surface area contributed by atoms with Crippen LogP contribution in [-0.2, 0) is 6.42 Å². The third kappa shape index (κ3) is 6.90. The molecule has 1 aromatic rings. The van der Waals surface area contributed by atoms with Gasteiger partial charge in [0.05, 0.1) is 0 Å². The van der Waals surface area contributed by atoms with Crippen LogP contribution in [0.3, 0.4) is 0 Å². The molecule has 0 radical (unpaired) electrons. The number of hydrogen-bond acceptors (Lipinski definition) is 2. The van der Waals surface area contributed by atoms with E-state index in [9.17, 15) is 4.39 Å². The molecule has 1 atom stereocenters. The van der Waals surface area contributed by atoms with Crippen LogP contribution in [0, 0.1) is 5.82 Å². The lowest BCUT2D eigenvalue weighted by atomic mass is 10.0. The molecule has 0 bridgehead atoms. The van der Waals surface area contributed by atoms with E-state index in [1.807, 2.05) is 12.1 Å². The SMILES string of the molecule is CCCNC(CCN(CC)CC)Cc1ccc(Br)cc1F. The lowest BCUT2D eigenvalue weighted by molar-refractivity contribution is 0.280. The number of hydrogen-bond donors (Lipinski definition) is 1. The van der Waals surface area contributed by atoms with E-state index in [0.29, 0.717) is 6.04 Å². The van der Waals surface area contributed by atoms with Gasteiger partial charge in [-0.05, 0) is 63.1 Å². The molecule has 120 valence electrons. The van der Waals surface area contributed by atoms with Crippen molar-refractivity contribution in [3.8, 4) is 0 Å². The fourth-order valence-electron chi connectivity index (χ4n) is 2.46. The molecule has 0 amide bonds. The molecule has 1 unspecified atom stereocenters. The molecule has 4 heteroatoms. The molecule has 0 spiro atoms. The molecule has 1 aromatic carbocycles. The second-order valence-corrected chi connectivity index (χ2v) is 6.32. The predicted molar refractivity (Wildman–Crippen MR) is 92.3 cm³/mol. The Morgan fingerprint density at radius 3 is 2.52 bits per heavy atom. The van der Waals surface area contributed by atoms with Crippen molar-refractivity contribution in [1.29, 1.82) is 0 Å². The number of nitrogens with one attached hydrogen (secondary N) is 1. The fourth-order valence-corrected chi connectivity index (χ4v) is 2.79. The van der Waals surface area contributed by atoms with Crippen LogP contribution in [0.1, 0.15) is 39.2 Å². The summed E-state index contributed by atoms with van der Waals surface area (Å²) in [5.41, 5.74) is 0.798. The van der Waals surface area contributed by atoms with Crippen LogP contribution in [0.2, 0.25) is 0 Å². The second-order valence-electron chi connectivity index (χ2n) is 5.41. The van der Waals surface area contributed by atoms with Gasteiger partial charge in [-0.25, -0.2) is 4.39 Å². The first-order valence-electron chi connectivity index (χ1n) is 8.00. The molecule has 2 nitrogen and oxygen atoms in total. The van der Waals surface area contributed by atoms with E-state index in [-0.39, 0.29) is 5.82 Å². The highest BCUT2D eigenvalue weighted by Crippen LogP contribution is 2.17. The minimum absolute atomic E-state index is 0.115. The van der Waals surface area contributed by atoms with Gasteiger partial charge in [0.1, 0.15) is 5.82 Å². The summed E-state index contributed by atoms with van der Waals surface area (Å²) in [4.78, 5) is 2.42. The van der Waals surface area contributed by atoms with Crippen LogP contribution in [0.25, 0.3) is 0 Å². The lowest BCUT2D eigenvalue weighted by Crippen LogP contribution is -2.36. The van der Waals surface area contributed by atoms with Crippen LogP contribution in [-0.4, -0.2) is 37.1 Å². The fraction of sp³-hybridized carbons (Fsp3) is 0.647. The van der Waals surface area contributed by atoms with E-state index in [2.05, 4.69) is 46.9 Å². The first kappa shape index (κ1) is 18.6. The Morgan fingerprint density at radius 2 is 1.95 bits per heavy atom. The molecule has 0 saturated heterocycles. The van der Waals surface area contributed by atoms with Gasteiger partial charge in [0.25, 0.3) is 0 Å². The molecule has 1 N–H and O–H groups in total. The second kappa shape index (κ2) is 10.3. The van der Waals surface area contributed by atoms with E-state index in [0.717, 1.165) is 55.5 Å². The van der Waals surface area contributed by atoms with Crippen LogP contribution in [0.5, 0.6) is 0 Å². The van der Waals surface area contributed by atoms with E-state index >= 15 is 0 Å². The van der Waals surface area contributed by atoms with Crippen molar-refractivity contribution in [3.63, 3.8) is 0 Å². The summed E-state index contributed by atoms with van der Waals surface area (Å²) in [5, 5.41) is 3.56. The van der Waals surface area contributed by atoms with Crippen LogP contribution in [0.4, 0.5) is 4.39 Å². The maximum Gasteiger partial charge on any atom is 0.127 e. The zero-order valence-electron chi connectivity index (χ0n) is 13.5. The Hall–Kier alpha value is -0.450. The van der Waals surface area contributed by atoms with Gasteiger partial charge in [-0.1, -0.05) is 42.8 Å². The van der Waals surface area contributed by atoms with Gasteiger partial charge in [0.2, 0.25) is 0 Å². The minimum Gasteiger partial charge on any atom is -0.314 e. The predicted octanol–water partition coefficient (Wildman–Crippen LogP) is 4.23. The molecule has 1 rings (SSSR count). The van der Waals surface area contributed by atoms with E-state index in [4.69, 9.17) is 0 Å². The minimum atomic E-state index is -0.115. The topological polar surface area (TPSA) is 15.3 Å². The van der Waals surface area contributed by atoms with Crippen molar-refractivity contribution in [1.82, 2.24) is 10.2 Å². The first-order chi connectivity index (χ1) is 10.1. The zero-order valence-corrected chi connectivity index (χ0v) is 15.0. The van der Waals surface area contributed by atoms with Crippen LogP contribution in [0.15, 0.2) is 22.7 Å². The summed E-state index contributed by atoms with van der Waals surface area (Å²) in [6.07, 6.45) is 2.90.